The quantitative estimate of drug-likeness (QED) is 0.680. The van der Waals surface area contributed by atoms with E-state index in [1.54, 1.807) is 49.4 Å². The average molecular weight is 412 g/mol. The number of alkyl halides is 3. The number of aromatic nitrogens is 1. The van der Waals surface area contributed by atoms with Gasteiger partial charge >= 0.3 is 6.18 Å². The summed E-state index contributed by atoms with van der Waals surface area (Å²) < 4.78 is 41.9. The average Bonchev–Trinajstić information content (AvgIpc) is 2.69. The van der Waals surface area contributed by atoms with Crippen LogP contribution in [0.1, 0.15) is 27.8 Å². The maximum absolute atomic E-state index is 13.6. The molecular formula is C23H19F3N2O2. The van der Waals surface area contributed by atoms with Gasteiger partial charge in [0.25, 0.3) is 5.56 Å². The Balaban J connectivity index is 2.26. The van der Waals surface area contributed by atoms with Crippen molar-refractivity contribution in [2.75, 3.05) is 6.61 Å². The van der Waals surface area contributed by atoms with E-state index in [1.807, 2.05) is 6.07 Å². The van der Waals surface area contributed by atoms with Crippen LogP contribution in [-0.4, -0.2) is 16.3 Å². The Morgan fingerprint density at radius 2 is 1.77 bits per heavy atom. The number of aliphatic hydroxyl groups excluding tert-OH is 1. The van der Waals surface area contributed by atoms with Crippen LogP contribution in [0.25, 0.3) is 11.3 Å². The molecule has 1 N–H and O–H groups in total. The lowest BCUT2D eigenvalue weighted by molar-refractivity contribution is -0.137. The predicted octanol–water partition coefficient (Wildman–Crippen LogP) is 4.30. The summed E-state index contributed by atoms with van der Waals surface area (Å²) in [5.74, 6) is 0. The molecule has 154 valence electrons. The molecule has 0 saturated heterocycles. The van der Waals surface area contributed by atoms with Crippen molar-refractivity contribution in [1.82, 2.24) is 4.57 Å². The van der Waals surface area contributed by atoms with Crippen molar-refractivity contribution in [2.24, 2.45) is 0 Å². The lowest BCUT2D eigenvalue weighted by atomic mass is 10.0. The van der Waals surface area contributed by atoms with E-state index in [9.17, 15) is 23.2 Å². The van der Waals surface area contributed by atoms with E-state index in [1.165, 1.54) is 10.6 Å². The highest BCUT2D eigenvalue weighted by atomic mass is 19.4. The van der Waals surface area contributed by atoms with Gasteiger partial charge in [-0.15, -0.1) is 0 Å². The molecule has 0 saturated carbocycles. The highest BCUT2D eigenvalue weighted by molar-refractivity contribution is 5.63. The van der Waals surface area contributed by atoms with Crippen LogP contribution in [0, 0.1) is 18.3 Å². The summed E-state index contributed by atoms with van der Waals surface area (Å²) in [6, 6.07) is 16.2. The second-order valence-electron chi connectivity index (χ2n) is 6.98. The molecule has 0 spiro atoms. The molecule has 0 aliphatic heterocycles. The van der Waals surface area contributed by atoms with Crippen LogP contribution in [0.3, 0.4) is 0 Å². The molecule has 3 rings (SSSR count). The lowest BCUT2D eigenvalue weighted by Gasteiger charge is -2.18. The fourth-order valence-electron chi connectivity index (χ4n) is 3.37. The first-order valence-corrected chi connectivity index (χ1v) is 9.25. The molecule has 3 aromatic rings. The van der Waals surface area contributed by atoms with Crippen LogP contribution in [0.4, 0.5) is 13.2 Å². The van der Waals surface area contributed by atoms with Crippen LogP contribution in [0.5, 0.6) is 0 Å². The number of halogens is 3. The number of benzene rings is 2. The predicted molar refractivity (Wildman–Crippen MR) is 107 cm³/mol. The molecule has 7 heteroatoms. The Morgan fingerprint density at radius 3 is 2.40 bits per heavy atom. The smallest absolute Gasteiger partial charge is 0.396 e. The molecule has 4 nitrogen and oxygen atoms in total. The van der Waals surface area contributed by atoms with E-state index in [0.717, 1.165) is 17.2 Å². The van der Waals surface area contributed by atoms with Crippen molar-refractivity contribution < 1.29 is 18.3 Å². The Labute approximate surface area is 171 Å². The van der Waals surface area contributed by atoms with Gasteiger partial charge < -0.3 is 9.67 Å². The van der Waals surface area contributed by atoms with E-state index in [4.69, 9.17) is 5.11 Å². The number of hydrogen-bond donors (Lipinski definition) is 1. The van der Waals surface area contributed by atoms with E-state index < -0.39 is 22.9 Å². The number of rotatable bonds is 5. The monoisotopic (exact) mass is 412 g/mol. The molecule has 1 aromatic heterocycles. The minimum atomic E-state index is -4.83. The van der Waals surface area contributed by atoms with Crippen LogP contribution in [-0.2, 0) is 19.1 Å². The first-order chi connectivity index (χ1) is 14.2. The summed E-state index contributed by atoms with van der Waals surface area (Å²) in [7, 11) is 0. The van der Waals surface area contributed by atoms with Gasteiger partial charge in [0, 0.05) is 6.61 Å². The summed E-state index contributed by atoms with van der Waals surface area (Å²) in [5.41, 5.74) is -0.266. The third-order valence-electron chi connectivity index (χ3n) is 4.76. The van der Waals surface area contributed by atoms with Gasteiger partial charge in [0.2, 0.25) is 0 Å². The topological polar surface area (TPSA) is 66.0 Å². The van der Waals surface area contributed by atoms with Crippen LogP contribution >= 0.6 is 0 Å². The first kappa shape index (κ1) is 21.3. The van der Waals surface area contributed by atoms with Gasteiger partial charge in [0.05, 0.1) is 17.8 Å². The van der Waals surface area contributed by atoms with Gasteiger partial charge in [-0.3, -0.25) is 4.79 Å². The van der Waals surface area contributed by atoms with Crippen LogP contribution in [0.2, 0.25) is 0 Å². The second kappa shape index (κ2) is 8.56. The summed E-state index contributed by atoms with van der Waals surface area (Å²) >= 11 is 0. The molecule has 0 unspecified atom stereocenters. The maximum atomic E-state index is 13.6. The van der Waals surface area contributed by atoms with E-state index in [-0.39, 0.29) is 18.8 Å². The molecule has 0 radical (unpaired) electrons. The molecule has 0 amide bonds. The van der Waals surface area contributed by atoms with Gasteiger partial charge in [0.15, 0.2) is 0 Å². The molecule has 0 fully saturated rings. The second-order valence-corrected chi connectivity index (χ2v) is 6.98. The van der Waals surface area contributed by atoms with E-state index in [0.29, 0.717) is 17.5 Å². The number of nitrogens with zero attached hydrogens (tertiary/aromatic N) is 2. The summed E-state index contributed by atoms with van der Waals surface area (Å²) in [6.07, 6.45) is -4.41. The molecular weight excluding hydrogens is 393 g/mol. The molecule has 30 heavy (non-hydrogen) atoms. The van der Waals surface area contributed by atoms with Crippen molar-refractivity contribution in [3.63, 3.8) is 0 Å². The molecule has 0 bridgehead atoms. The number of aliphatic hydroxyl groups is 1. The van der Waals surface area contributed by atoms with Gasteiger partial charge in [-0.2, -0.15) is 18.4 Å². The Kier molecular flexibility index (Phi) is 6.09. The highest BCUT2D eigenvalue weighted by Gasteiger charge is 2.36. The standard InChI is InChI=1S/C23H19F3N2O2/c1-15-4-2-7-18(10-15)21-12-20(23(24,25)26)19(13-27)22(30)28(21)14-17-6-3-5-16(11-17)8-9-29/h2-7,10-12,29H,8-9,14H2,1H3. The molecule has 2 aromatic carbocycles. The normalized spacial score (nSPS) is 11.3. The first-order valence-electron chi connectivity index (χ1n) is 9.25. The zero-order chi connectivity index (χ0) is 21.9. The number of aryl methyl sites for hydroxylation is 1. The fraction of sp³-hybridized carbons (Fsp3) is 0.217. The van der Waals surface area contributed by atoms with Crippen molar-refractivity contribution in [3.05, 3.63) is 92.8 Å². The zero-order valence-electron chi connectivity index (χ0n) is 16.2. The van der Waals surface area contributed by atoms with Gasteiger partial charge in [-0.1, -0.05) is 48.0 Å². The van der Waals surface area contributed by atoms with Crippen molar-refractivity contribution >= 4 is 0 Å². The molecule has 1 heterocycles. The van der Waals surface area contributed by atoms with E-state index >= 15 is 0 Å². The largest absolute Gasteiger partial charge is 0.417 e. The molecule has 0 aliphatic rings. The molecule has 0 atom stereocenters. The number of pyridine rings is 1. The van der Waals surface area contributed by atoms with Gasteiger partial charge in [-0.05, 0) is 42.2 Å². The Bertz CT molecular complexity index is 1170. The SMILES string of the molecule is Cc1cccc(-c2cc(C(F)(F)F)c(C#N)c(=O)n2Cc2cccc(CCO)c2)c1. The maximum Gasteiger partial charge on any atom is 0.417 e. The zero-order valence-corrected chi connectivity index (χ0v) is 16.2. The summed E-state index contributed by atoms with van der Waals surface area (Å²) in [5, 5.41) is 18.4. The van der Waals surface area contributed by atoms with Crippen LogP contribution in [0.15, 0.2) is 59.4 Å². The van der Waals surface area contributed by atoms with Crippen molar-refractivity contribution in [2.45, 2.75) is 26.1 Å². The van der Waals surface area contributed by atoms with Crippen molar-refractivity contribution in [1.29, 1.82) is 5.26 Å². The Hall–Kier alpha value is -3.37. The highest BCUT2D eigenvalue weighted by Crippen LogP contribution is 2.34. The number of hydrogen-bond acceptors (Lipinski definition) is 3. The van der Waals surface area contributed by atoms with Crippen LogP contribution < -0.4 is 5.56 Å². The third-order valence-corrected chi connectivity index (χ3v) is 4.76. The minimum Gasteiger partial charge on any atom is -0.396 e. The molecule has 0 aliphatic carbocycles. The van der Waals surface area contributed by atoms with Crippen molar-refractivity contribution in [3.8, 4) is 17.3 Å². The summed E-state index contributed by atoms with van der Waals surface area (Å²) in [6.45, 7) is 1.75. The fourth-order valence-corrected chi connectivity index (χ4v) is 3.37. The van der Waals surface area contributed by atoms with E-state index in [2.05, 4.69) is 0 Å². The Morgan fingerprint density at radius 1 is 1.07 bits per heavy atom. The van der Waals surface area contributed by atoms with Gasteiger partial charge in [-0.25, -0.2) is 0 Å². The lowest BCUT2D eigenvalue weighted by Crippen LogP contribution is -2.28. The summed E-state index contributed by atoms with van der Waals surface area (Å²) in [4.78, 5) is 13.0. The minimum absolute atomic E-state index is 0.00576. The number of nitriles is 1. The van der Waals surface area contributed by atoms with Gasteiger partial charge in [0.1, 0.15) is 11.6 Å². The third kappa shape index (κ3) is 4.44.